The van der Waals surface area contributed by atoms with Gasteiger partial charge in [-0.2, -0.15) is 5.10 Å². The van der Waals surface area contributed by atoms with Crippen LogP contribution in [0.3, 0.4) is 0 Å². The summed E-state index contributed by atoms with van der Waals surface area (Å²) in [5.74, 6) is 0.651. The molecule has 110 valence electrons. The highest BCUT2D eigenvalue weighted by Gasteiger charge is 2.11. The van der Waals surface area contributed by atoms with E-state index in [9.17, 15) is 4.79 Å². The van der Waals surface area contributed by atoms with Crippen molar-refractivity contribution in [3.63, 3.8) is 0 Å². The number of rotatable bonds is 4. The molecule has 1 aromatic carbocycles. The largest absolute Gasteiger partial charge is 0.496 e. The fraction of sp³-hybridized carbons (Fsp3) is 0.0625. The first kappa shape index (κ1) is 13.8. The third-order valence-corrected chi connectivity index (χ3v) is 3.27. The zero-order chi connectivity index (χ0) is 15.5. The number of carbonyl (C=O) groups is 1. The van der Waals surface area contributed by atoms with E-state index in [-0.39, 0.29) is 0 Å². The summed E-state index contributed by atoms with van der Waals surface area (Å²) in [6, 6.07) is 10.8. The van der Waals surface area contributed by atoms with Gasteiger partial charge in [0, 0.05) is 18.0 Å². The number of amides is 1. The van der Waals surface area contributed by atoms with Gasteiger partial charge in [0.1, 0.15) is 5.75 Å². The molecule has 0 spiro atoms. The van der Waals surface area contributed by atoms with Crippen molar-refractivity contribution in [3.8, 4) is 22.7 Å². The van der Waals surface area contributed by atoms with E-state index >= 15 is 0 Å². The topological polar surface area (TPSA) is 83.0 Å². The Balaban J connectivity index is 1.99. The van der Waals surface area contributed by atoms with Crippen molar-refractivity contribution >= 4 is 5.91 Å². The molecule has 6 nitrogen and oxygen atoms in total. The molecular weight excluding hydrogens is 280 g/mol. The summed E-state index contributed by atoms with van der Waals surface area (Å²) >= 11 is 0. The molecular formula is C16H14N4O2. The van der Waals surface area contributed by atoms with Gasteiger partial charge in [-0.15, -0.1) is 0 Å². The molecule has 2 N–H and O–H groups in total. The molecule has 0 saturated carbocycles. The number of methoxy groups -OCH3 is 1. The lowest BCUT2D eigenvalue weighted by molar-refractivity contribution is 0.0997. The molecule has 2 heterocycles. The van der Waals surface area contributed by atoms with Crippen molar-refractivity contribution in [2.45, 2.75) is 0 Å². The van der Waals surface area contributed by atoms with Crippen molar-refractivity contribution in [1.29, 1.82) is 0 Å². The summed E-state index contributed by atoms with van der Waals surface area (Å²) in [5, 5.41) is 4.30. The first-order valence-electron chi connectivity index (χ1n) is 6.63. The lowest BCUT2D eigenvalue weighted by Gasteiger charge is -2.07. The third kappa shape index (κ3) is 2.54. The van der Waals surface area contributed by atoms with Gasteiger partial charge in [0.05, 0.1) is 18.9 Å². The standard InChI is InChI=1S/C16H14N4O2/c1-22-14-8-11(5-6-13(14)16(17)21)12-9-19-20(10-12)15-4-2-3-7-18-15/h2-10H,1H3,(H2,17,21). The quantitative estimate of drug-likeness (QED) is 0.798. The molecule has 0 atom stereocenters. The Morgan fingerprint density at radius 1 is 1.23 bits per heavy atom. The van der Waals surface area contributed by atoms with Gasteiger partial charge < -0.3 is 10.5 Å². The van der Waals surface area contributed by atoms with E-state index in [2.05, 4.69) is 10.1 Å². The smallest absolute Gasteiger partial charge is 0.252 e. The number of benzene rings is 1. The number of pyridine rings is 1. The highest BCUT2D eigenvalue weighted by molar-refractivity contribution is 5.96. The average molecular weight is 294 g/mol. The van der Waals surface area contributed by atoms with Gasteiger partial charge in [0.15, 0.2) is 5.82 Å². The molecule has 0 aliphatic rings. The molecule has 6 heteroatoms. The maximum atomic E-state index is 11.3. The summed E-state index contributed by atoms with van der Waals surface area (Å²) < 4.78 is 6.90. The van der Waals surface area contributed by atoms with E-state index < -0.39 is 5.91 Å². The number of nitrogens with zero attached hydrogens (tertiary/aromatic N) is 3. The van der Waals surface area contributed by atoms with Crippen LogP contribution in [0.4, 0.5) is 0 Å². The van der Waals surface area contributed by atoms with Crippen LogP contribution in [0.15, 0.2) is 55.0 Å². The SMILES string of the molecule is COc1cc(-c2cnn(-c3ccccn3)c2)ccc1C(N)=O. The zero-order valence-electron chi connectivity index (χ0n) is 11.9. The van der Waals surface area contributed by atoms with Gasteiger partial charge in [0.25, 0.3) is 5.91 Å². The molecule has 0 radical (unpaired) electrons. The fourth-order valence-electron chi connectivity index (χ4n) is 2.16. The van der Waals surface area contributed by atoms with Crippen LogP contribution in [-0.2, 0) is 0 Å². The molecule has 0 unspecified atom stereocenters. The van der Waals surface area contributed by atoms with Crippen LogP contribution in [0.25, 0.3) is 16.9 Å². The van der Waals surface area contributed by atoms with E-state index in [4.69, 9.17) is 10.5 Å². The second-order valence-corrected chi connectivity index (χ2v) is 4.64. The van der Waals surface area contributed by atoms with Crippen molar-refractivity contribution in [1.82, 2.24) is 14.8 Å². The summed E-state index contributed by atoms with van der Waals surface area (Å²) in [6.07, 6.45) is 5.30. The Bertz CT molecular complexity index is 812. The number of ether oxygens (including phenoxy) is 1. The van der Waals surface area contributed by atoms with Crippen LogP contribution in [0, 0.1) is 0 Å². The zero-order valence-corrected chi connectivity index (χ0v) is 11.9. The van der Waals surface area contributed by atoms with E-state index in [0.29, 0.717) is 11.3 Å². The summed E-state index contributed by atoms with van der Waals surface area (Å²) in [5.41, 5.74) is 7.43. The molecule has 1 amide bonds. The van der Waals surface area contributed by atoms with E-state index in [1.807, 2.05) is 30.5 Å². The first-order valence-corrected chi connectivity index (χ1v) is 6.63. The molecule has 0 aliphatic carbocycles. The Labute approximate surface area is 127 Å². The second kappa shape index (κ2) is 5.69. The third-order valence-electron chi connectivity index (χ3n) is 3.27. The van der Waals surface area contributed by atoms with Gasteiger partial charge >= 0.3 is 0 Å². The van der Waals surface area contributed by atoms with E-state index in [0.717, 1.165) is 16.9 Å². The van der Waals surface area contributed by atoms with Crippen LogP contribution in [0.5, 0.6) is 5.75 Å². The van der Waals surface area contributed by atoms with Crippen molar-refractivity contribution in [3.05, 3.63) is 60.6 Å². The van der Waals surface area contributed by atoms with Crippen LogP contribution >= 0.6 is 0 Å². The summed E-state index contributed by atoms with van der Waals surface area (Å²) in [4.78, 5) is 15.6. The van der Waals surface area contributed by atoms with Crippen molar-refractivity contribution in [2.24, 2.45) is 5.73 Å². The Morgan fingerprint density at radius 2 is 2.09 bits per heavy atom. The minimum atomic E-state index is -0.521. The molecule has 3 aromatic rings. The lowest BCUT2D eigenvalue weighted by Crippen LogP contribution is -2.12. The van der Waals surface area contributed by atoms with Gasteiger partial charge in [-0.3, -0.25) is 4.79 Å². The Hall–Kier alpha value is -3.15. The number of nitrogens with two attached hydrogens (primary N) is 1. The van der Waals surface area contributed by atoms with Crippen LogP contribution in [0.1, 0.15) is 10.4 Å². The predicted molar refractivity (Wildman–Crippen MR) is 81.9 cm³/mol. The lowest BCUT2D eigenvalue weighted by atomic mass is 10.1. The second-order valence-electron chi connectivity index (χ2n) is 4.64. The number of hydrogen-bond donors (Lipinski definition) is 1. The molecule has 0 fully saturated rings. The first-order chi connectivity index (χ1) is 10.7. The number of carbonyl (C=O) groups excluding carboxylic acids is 1. The highest BCUT2D eigenvalue weighted by atomic mass is 16.5. The molecule has 0 aliphatic heterocycles. The maximum absolute atomic E-state index is 11.3. The molecule has 0 saturated heterocycles. The monoisotopic (exact) mass is 294 g/mol. The molecule has 22 heavy (non-hydrogen) atoms. The molecule has 0 bridgehead atoms. The number of hydrogen-bond acceptors (Lipinski definition) is 4. The highest BCUT2D eigenvalue weighted by Crippen LogP contribution is 2.27. The van der Waals surface area contributed by atoms with Crippen molar-refractivity contribution < 1.29 is 9.53 Å². The van der Waals surface area contributed by atoms with E-state index in [1.165, 1.54) is 7.11 Å². The van der Waals surface area contributed by atoms with Crippen LogP contribution < -0.4 is 10.5 Å². The number of aromatic nitrogens is 3. The Kier molecular flexibility index (Phi) is 3.57. The molecule has 2 aromatic heterocycles. The van der Waals surface area contributed by atoms with Gasteiger partial charge in [0.2, 0.25) is 0 Å². The minimum Gasteiger partial charge on any atom is -0.496 e. The normalized spacial score (nSPS) is 10.4. The van der Waals surface area contributed by atoms with Gasteiger partial charge in [-0.25, -0.2) is 9.67 Å². The van der Waals surface area contributed by atoms with E-state index in [1.54, 1.807) is 29.2 Å². The average Bonchev–Trinajstić information content (AvgIpc) is 3.05. The van der Waals surface area contributed by atoms with Crippen molar-refractivity contribution in [2.75, 3.05) is 7.11 Å². The minimum absolute atomic E-state index is 0.350. The van der Waals surface area contributed by atoms with Gasteiger partial charge in [-0.05, 0) is 29.8 Å². The fourth-order valence-corrected chi connectivity index (χ4v) is 2.16. The van der Waals surface area contributed by atoms with Gasteiger partial charge in [-0.1, -0.05) is 12.1 Å². The molecule has 3 rings (SSSR count). The predicted octanol–water partition coefficient (Wildman–Crippen LogP) is 2.04. The summed E-state index contributed by atoms with van der Waals surface area (Å²) in [6.45, 7) is 0. The Morgan fingerprint density at radius 3 is 2.77 bits per heavy atom. The van der Waals surface area contributed by atoms with Crippen LogP contribution in [0.2, 0.25) is 0 Å². The maximum Gasteiger partial charge on any atom is 0.252 e. The van der Waals surface area contributed by atoms with Crippen LogP contribution in [-0.4, -0.2) is 27.8 Å². The number of primary amides is 1. The summed E-state index contributed by atoms with van der Waals surface area (Å²) in [7, 11) is 1.50.